The molecule has 1 atom stereocenters. The lowest BCUT2D eigenvalue weighted by atomic mass is 10.1. The van der Waals surface area contributed by atoms with Crippen molar-refractivity contribution >= 4 is 23.2 Å². The molecular weight excluding hydrogens is 437 g/mol. The van der Waals surface area contributed by atoms with E-state index in [1.54, 1.807) is 11.8 Å². The Hall–Kier alpha value is -2.75. The molecule has 2 heterocycles. The summed E-state index contributed by atoms with van der Waals surface area (Å²) in [4.78, 5) is 26.4. The molecule has 0 radical (unpaired) electrons. The van der Waals surface area contributed by atoms with Crippen LogP contribution in [0.3, 0.4) is 0 Å². The van der Waals surface area contributed by atoms with Crippen LogP contribution in [-0.4, -0.2) is 45.8 Å². The van der Waals surface area contributed by atoms with Crippen molar-refractivity contribution in [1.29, 1.82) is 0 Å². The minimum atomic E-state index is -4.49. The lowest BCUT2D eigenvalue weighted by Gasteiger charge is -2.34. The first-order chi connectivity index (χ1) is 14.6. The summed E-state index contributed by atoms with van der Waals surface area (Å²) >= 11 is 5.99. The molecule has 0 bridgehead atoms. The number of carbonyl (C=O) groups is 1. The van der Waals surface area contributed by atoms with E-state index in [2.05, 4.69) is 10.4 Å². The van der Waals surface area contributed by atoms with Gasteiger partial charge in [-0.15, -0.1) is 0 Å². The Morgan fingerprint density at radius 3 is 2.61 bits per heavy atom. The number of piperidine rings is 1. The monoisotopic (exact) mass is 458 g/mol. The Morgan fingerprint density at radius 2 is 1.97 bits per heavy atom. The molecule has 1 aromatic heterocycles. The highest BCUT2D eigenvalue weighted by Gasteiger charge is 2.32. The highest BCUT2D eigenvalue weighted by Crippen LogP contribution is 2.36. The van der Waals surface area contributed by atoms with E-state index in [1.165, 1.54) is 24.0 Å². The van der Waals surface area contributed by atoms with E-state index >= 15 is 0 Å². The third-order valence-electron chi connectivity index (χ3n) is 5.05. The third-order valence-corrected chi connectivity index (χ3v) is 5.37. The van der Waals surface area contributed by atoms with E-state index in [0.29, 0.717) is 25.9 Å². The smallest absolute Gasteiger partial charge is 0.416 e. The number of halogens is 4. The Balaban J connectivity index is 1.57. The third kappa shape index (κ3) is 5.49. The molecule has 3 rings (SSSR count). The number of carbonyl (C=O) groups excluding carboxylic acids is 1. The van der Waals surface area contributed by atoms with Gasteiger partial charge >= 0.3 is 6.18 Å². The number of ether oxygens (including phenoxy) is 1. The van der Waals surface area contributed by atoms with Gasteiger partial charge < -0.3 is 15.0 Å². The van der Waals surface area contributed by atoms with E-state index in [-0.39, 0.29) is 34.0 Å². The Labute approximate surface area is 181 Å². The summed E-state index contributed by atoms with van der Waals surface area (Å²) in [7, 11) is 1.52. The van der Waals surface area contributed by atoms with Gasteiger partial charge in [0.2, 0.25) is 5.91 Å². The second-order valence-corrected chi connectivity index (χ2v) is 7.73. The van der Waals surface area contributed by atoms with Gasteiger partial charge in [-0.25, -0.2) is 4.68 Å². The molecule has 1 aromatic carbocycles. The molecule has 0 aliphatic carbocycles. The van der Waals surface area contributed by atoms with Crippen molar-refractivity contribution in [3.8, 4) is 5.75 Å². The normalized spacial score (nSPS) is 16.1. The first-order valence-electron chi connectivity index (χ1n) is 9.67. The topological polar surface area (TPSA) is 76.5 Å². The first kappa shape index (κ1) is 22.9. The second kappa shape index (κ2) is 9.17. The van der Waals surface area contributed by atoms with Crippen molar-refractivity contribution in [3.63, 3.8) is 0 Å². The summed E-state index contributed by atoms with van der Waals surface area (Å²) < 4.78 is 45.6. The van der Waals surface area contributed by atoms with Crippen molar-refractivity contribution < 1.29 is 22.7 Å². The highest BCUT2D eigenvalue weighted by atomic mass is 35.5. The summed E-state index contributed by atoms with van der Waals surface area (Å²) in [5, 5.41) is 6.84. The Bertz CT molecular complexity index is 1000. The van der Waals surface area contributed by atoms with E-state index < -0.39 is 17.8 Å². The van der Waals surface area contributed by atoms with Crippen molar-refractivity contribution in [2.24, 2.45) is 7.05 Å². The number of nitrogens with zero attached hydrogens (tertiary/aromatic N) is 3. The number of amides is 1. The van der Waals surface area contributed by atoms with Crippen LogP contribution >= 0.6 is 11.6 Å². The van der Waals surface area contributed by atoms with Crippen LogP contribution in [0, 0.1) is 0 Å². The predicted molar refractivity (Wildman–Crippen MR) is 109 cm³/mol. The number of anilines is 1. The number of aromatic nitrogens is 2. The zero-order chi connectivity index (χ0) is 22.8. The van der Waals surface area contributed by atoms with Crippen molar-refractivity contribution in [2.45, 2.75) is 38.1 Å². The molecule has 1 saturated heterocycles. The molecule has 1 fully saturated rings. The molecule has 1 aliphatic rings. The number of aryl methyl sites for hydroxylation is 1. The van der Waals surface area contributed by atoms with Gasteiger partial charge in [0.25, 0.3) is 5.56 Å². The molecule has 2 aromatic rings. The minimum Gasteiger partial charge on any atom is -0.489 e. The summed E-state index contributed by atoms with van der Waals surface area (Å²) in [5.41, 5.74) is -0.898. The van der Waals surface area contributed by atoms with E-state index in [0.717, 1.165) is 18.2 Å². The molecule has 1 aliphatic heterocycles. The van der Waals surface area contributed by atoms with Crippen LogP contribution in [0.4, 0.5) is 18.9 Å². The van der Waals surface area contributed by atoms with Crippen LogP contribution in [0.1, 0.15) is 25.3 Å². The van der Waals surface area contributed by atoms with Crippen LogP contribution in [0.5, 0.6) is 5.75 Å². The van der Waals surface area contributed by atoms with Crippen LogP contribution in [0.15, 0.2) is 35.3 Å². The van der Waals surface area contributed by atoms with Gasteiger partial charge in [-0.05, 0) is 31.2 Å². The van der Waals surface area contributed by atoms with Gasteiger partial charge in [-0.1, -0.05) is 11.6 Å². The number of likely N-dealkylation sites (tertiary alicyclic amines) is 1. The van der Waals surface area contributed by atoms with E-state index in [9.17, 15) is 22.8 Å². The van der Waals surface area contributed by atoms with Crippen LogP contribution < -0.4 is 15.6 Å². The summed E-state index contributed by atoms with van der Waals surface area (Å²) in [5.74, 6) is -0.209. The summed E-state index contributed by atoms with van der Waals surface area (Å²) in [6.07, 6.45) is -2.50. The molecule has 31 heavy (non-hydrogen) atoms. The SMILES string of the molecule is CC(Nc1ccnn(C)c1=O)C(=O)N1CCC(Oc2cc(C(F)(F)F)ccc2Cl)CC1. The summed E-state index contributed by atoms with van der Waals surface area (Å²) in [6, 6.07) is 3.83. The molecule has 1 N–H and O–H groups in total. The van der Waals surface area contributed by atoms with Gasteiger partial charge in [-0.2, -0.15) is 18.3 Å². The molecule has 1 amide bonds. The maximum absolute atomic E-state index is 12.9. The minimum absolute atomic E-state index is 0.0233. The van der Waals surface area contributed by atoms with Gasteiger partial charge in [-0.3, -0.25) is 9.59 Å². The Morgan fingerprint density at radius 1 is 1.29 bits per heavy atom. The average molecular weight is 459 g/mol. The molecule has 0 saturated carbocycles. The van der Waals surface area contributed by atoms with E-state index in [4.69, 9.17) is 16.3 Å². The number of hydrogen-bond acceptors (Lipinski definition) is 5. The lowest BCUT2D eigenvalue weighted by molar-refractivity contribution is -0.138. The highest BCUT2D eigenvalue weighted by molar-refractivity contribution is 6.32. The second-order valence-electron chi connectivity index (χ2n) is 7.33. The molecule has 7 nitrogen and oxygen atoms in total. The fourth-order valence-electron chi connectivity index (χ4n) is 3.33. The Kier molecular flexibility index (Phi) is 6.78. The quantitative estimate of drug-likeness (QED) is 0.744. The zero-order valence-electron chi connectivity index (χ0n) is 16.9. The number of nitrogens with one attached hydrogen (secondary N) is 1. The predicted octanol–water partition coefficient (Wildman–Crippen LogP) is 3.32. The van der Waals surface area contributed by atoms with Gasteiger partial charge in [0.15, 0.2) is 0 Å². The zero-order valence-corrected chi connectivity index (χ0v) is 17.7. The summed E-state index contributed by atoms with van der Waals surface area (Å²) in [6.45, 7) is 2.41. The van der Waals surface area contributed by atoms with Crippen LogP contribution in [0.25, 0.3) is 0 Å². The standard InChI is InChI=1S/C20H22ClF3N4O3/c1-12(26-16-5-8-25-27(2)19(16)30)18(29)28-9-6-14(7-10-28)31-17-11-13(20(22,23)24)3-4-15(17)21/h3-5,8,11-12,14,26H,6-7,9-10H2,1-2H3. The molecule has 168 valence electrons. The maximum Gasteiger partial charge on any atom is 0.416 e. The van der Waals surface area contributed by atoms with Crippen LogP contribution in [0.2, 0.25) is 5.02 Å². The number of benzene rings is 1. The maximum atomic E-state index is 12.9. The first-order valence-corrected chi connectivity index (χ1v) is 10.0. The fraction of sp³-hybridized carbons (Fsp3) is 0.450. The molecule has 11 heteroatoms. The molecule has 0 spiro atoms. The fourth-order valence-corrected chi connectivity index (χ4v) is 3.49. The number of hydrogen-bond donors (Lipinski definition) is 1. The van der Waals surface area contributed by atoms with Gasteiger partial charge in [0.1, 0.15) is 23.6 Å². The molecular formula is C20H22ClF3N4O3. The largest absolute Gasteiger partial charge is 0.489 e. The van der Waals surface area contributed by atoms with E-state index in [1.807, 2.05) is 0 Å². The van der Waals surface area contributed by atoms with Crippen molar-refractivity contribution in [1.82, 2.24) is 14.7 Å². The number of alkyl halides is 3. The molecule has 1 unspecified atom stereocenters. The van der Waals surface area contributed by atoms with Gasteiger partial charge in [0, 0.05) is 39.2 Å². The average Bonchev–Trinajstić information content (AvgIpc) is 2.72. The van der Waals surface area contributed by atoms with Crippen LogP contribution in [-0.2, 0) is 18.0 Å². The lowest BCUT2D eigenvalue weighted by Crippen LogP contribution is -2.47. The van der Waals surface area contributed by atoms with Crippen molar-refractivity contribution in [3.05, 3.63) is 51.4 Å². The number of rotatable bonds is 5. The van der Waals surface area contributed by atoms with Gasteiger partial charge in [0.05, 0.1) is 10.6 Å². The van der Waals surface area contributed by atoms with Crippen molar-refractivity contribution in [2.75, 3.05) is 18.4 Å².